The number of fused-ring (bicyclic) bond motifs is 3. The summed E-state index contributed by atoms with van der Waals surface area (Å²) in [6.07, 6.45) is 3.35. The van der Waals surface area contributed by atoms with Gasteiger partial charge in [-0.25, -0.2) is 4.79 Å². The fraction of sp³-hybridized carbons (Fsp3) is 0.444. The van der Waals surface area contributed by atoms with Crippen LogP contribution in [0.2, 0.25) is 0 Å². The molecule has 1 fully saturated rings. The second-order valence-electron chi connectivity index (χ2n) is 9.36. The van der Waals surface area contributed by atoms with Crippen molar-refractivity contribution in [2.75, 3.05) is 13.2 Å². The third-order valence-corrected chi connectivity index (χ3v) is 7.03. The zero-order valence-corrected chi connectivity index (χ0v) is 19.5. The lowest BCUT2D eigenvalue weighted by Crippen LogP contribution is -2.45. The SMILES string of the molecule is CC(CNC(=O)OCC1c2ccccc2-c2ccccc21)C(=O)NC(CC(=O)O)C1CCCC1. The molecule has 7 heteroatoms. The zero-order valence-electron chi connectivity index (χ0n) is 19.5. The Hall–Kier alpha value is -3.35. The van der Waals surface area contributed by atoms with Crippen molar-refractivity contribution in [3.8, 4) is 11.1 Å². The zero-order chi connectivity index (χ0) is 24.1. The molecule has 34 heavy (non-hydrogen) atoms. The molecule has 2 atom stereocenters. The van der Waals surface area contributed by atoms with Crippen LogP contribution in [-0.2, 0) is 14.3 Å². The van der Waals surface area contributed by atoms with Gasteiger partial charge in [0.05, 0.1) is 12.3 Å². The molecule has 2 aliphatic carbocycles. The molecule has 2 aliphatic rings. The number of carbonyl (C=O) groups excluding carboxylic acids is 2. The molecular formula is C27H32N2O5. The van der Waals surface area contributed by atoms with Gasteiger partial charge in [-0.2, -0.15) is 0 Å². The summed E-state index contributed by atoms with van der Waals surface area (Å²) in [5.74, 6) is -1.50. The highest BCUT2D eigenvalue weighted by Gasteiger charge is 2.31. The average Bonchev–Trinajstić information content (AvgIpc) is 3.47. The van der Waals surface area contributed by atoms with E-state index >= 15 is 0 Å². The van der Waals surface area contributed by atoms with Crippen LogP contribution in [0.3, 0.4) is 0 Å². The van der Waals surface area contributed by atoms with Crippen molar-refractivity contribution in [1.29, 1.82) is 0 Å². The molecule has 7 nitrogen and oxygen atoms in total. The highest BCUT2D eigenvalue weighted by Crippen LogP contribution is 2.44. The van der Waals surface area contributed by atoms with E-state index in [0.29, 0.717) is 0 Å². The van der Waals surface area contributed by atoms with Gasteiger partial charge in [-0.15, -0.1) is 0 Å². The van der Waals surface area contributed by atoms with Crippen molar-refractivity contribution >= 4 is 18.0 Å². The van der Waals surface area contributed by atoms with Gasteiger partial charge >= 0.3 is 12.1 Å². The van der Waals surface area contributed by atoms with E-state index in [1.54, 1.807) is 6.92 Å². The lowest BCUT2D eigenvalue weighted by molar-refractivity contribution is -0.138. The lowest BCUT2D eigenvalue weighted by atomic mass is 9.94. The fourth-order valence-electron chi connectivity index (χ4n) is 5.19. The van der Waals surface area contributed by atoms with Crippen LogP contribution in [-0.4, -0.2) is 42.3 Å². The van der Waals surface area contributed by atoms with Crippen LogP contribution in [0.25, 0.3) is 11.1 Å². The van der Waals surface area contributed by atoms with Gasteiger partial charge in [-0.1, -0.05) is 68.3 Å². The molecule has 0 radical (unpaired) electrons. The Bertz CT molecular complexity index is 1000. The van der Waals surface area contributed by atoms with Crippen LogP contribution in [0.4, 0.5) is 4.79 Å². The first kappa shape index (κ1) is 23.8. The largest absolute Gasteiger partial charge is 0.481 e. The van der Waals surface area contributed by atoms with Gasteiger partial charge in [0.15, 0.2) is 0 Å². The number of amides is 2. The molecule has 4 rings (SSSR count). The monoisotopic (exact) mass is 464 g/mol. The summed E-state index contributed by atoms with van der Waals surface area (Å²) in [6.45, 7) is 2.04. The first-order chi connectivity index (χ1) is 16.4. The van der Waals surface area contributed by atoms with E-state index in [4.69, 9.17) is 4.74 Å². The van der Waals surface area contributed by atoms with Crippen molar-refractivity contribution in [3.05, 3.63) is 59.7 Å². The molecule has 180 valence electrons. The van der Waals surface area contributed by atoms with Crippen molar-refractivity contribution in [2.45, 2.75) is 51.0 Å². The summed E-state index contributed by atoms with van der Waals surface area (Å²) in [5.41, 5.74) is 4.60. The van der Waals surface area contributed by atoms with Crippen molar-refractivity contribution in [1.82, 2.24) is 10.6 Å². The lowest BCUT2D eigenvalue weighted by Gasteiger charge is -2.25. The quantitative estimate of drug-likeness (QED) is 0.513. The number of hydrogen-bond donors (Lipinski definition) is 3. The van der Waals surface area contributed by atoms with E-state index < -0.39 is 18.0 Å². The minimum absolute atomic E-state index is 0.0259. The third-order valence-electron chi connectivity index (χ3n) is 7.03. The number of rotatable bonds is 9. The van der Waals surface area contributed by atoms with Crippen LogP contribution in [0.1, 0.15) is 56.1 Å². The number of alkyl carbamates (subject to hydrolysis) is 1. The summed E-state index contributed by atoms with van der Waals surface area (Å²) in [5, 5.41) is 14.8. The molecule has 0 aliphatic heterocycles. The molecule has 0 aromatic heterocycles. The second-order valence-corrected chi connectivity index (χ2v) is 9.36. The predicted molar refractivity (Wildman–Crippen MR) is 128 cm³/mol. The van der Waals surface area contributed by atoms with Crippen molar-refractivity contribution < 1.29 is 24.2 Å². The first-order valence-corrected chi connectivity index (χ1v) is 12.0. The Balaban J connectivity index is 1.28. The summed E-state index contributed by atoms with van der Waals surface area (Å²) in [6, 6.07) is 15.9. The molecule has 2 unspecified atom stereocenters. The molecule has 3 N–H and O–H groups in total. The number of carboxylic acids is 1. The molecule has 0 saturated heterocycles. The number of nitrogens with one attached hydrogen (secondary N) is 2. The summed E-state index contributed by atoms with van der Waals surface area (Å²) in [4.78, 5) is 36.3. The van der Waals surface area contributed by atoms with E-state index in [1.165, 1.54) is 0 Å². The van der Waals surface area contributed by atoms with E-state index in [9.17, 15) is 19.5 Å². The van der Waals surface area contributed by atoms with Gasteiger partial charge in [-0.05, 0) is 41.0 Å². The van der Waals surface area contributed by atoms with Crippen LogP contribution < -0.4 is 10.6 Å². The Morgan fingerprint density at radius 2 is 1.59 bits per heavy atom. The standard InChI is InChI=1S/C27H32N2O5/c1-17(26(32)29-24(14-25(30)31)18-8-2-3-9-18)15-28-27(33)34-16-23-21-12-6-4-10-19(21)20-11-5-7-13-22(20)23/h4-7,10-13,17-18,23-24H,2-3,8-9,14-16H2,1H3,(H,28,33)(H,29,32)(H,30,31). The molecule has 1 saturated carbocycles. The smallest absolute Gasteiger partial charge is 0.407 e. The number of benzene rings is 2. The second kappa shape index (κ2) is 10.7. The van der Waals surface area contributed by atoms with Gasteiger partial charge in [0.25, 0.3) is 0 Å². The van der Waals surface area contributed by atoms with Gasteiger partial charge in [-0.3, -0.25) is 9.59 Å². The van der Waals surface area contributed by atoms with E-state index in [0.717, 1.165) is 47.9 Å². The van der Waals surface area contributed by atoms with Crippen LogP contribution in [0, 0.1) is 11.8 Å². The Kier molecular flexibility index (Phi) is 7.50. The maximum absolute atomic E-state index is 12.6. The summed E-state index contributed by atoms with van der Waals surface area (Å²) >= 11 is 0. The Labute approximate surface area is 199 Å². The van der Waals surface area contributed by atoms with E-state index in [-0.39, 0.29) is 43.4 Å². The van der Waals surface area contributed by atoms with Crippen LogP contribution in [0.5, 0.6) is 0 Å². The average molecular weight is 465 g/mol. The summed E-state index contributed by atoms with van der Waals surface area (Å²) < 4.78 is 5.53. The van der Waals surface area contributed by atoms with Gasteiger partial charge in [0, 0.05) is 18.5 Å². The maximum atomic E-state index is 12.6. The number of aliphatic carboxylic acids is 1. The molecule has 2 aromatic carbocycles. The maximum Gasteiger partial charge on any atom is 0.407 e. The van der Waals surface area contributed by atoms with Crippen molar-refractivity contribution in [2.24, 2.45) is 11.8 Å². The van der Waals surface area contributed by atoms with E-state index in [1.807, 2.05) is 24.3 Å². The van der Waals surface area contributed by atoms with Gasteiger partial charge in [0.2, 0.25) is 5.91 Å². The Morgan fingerprint density at radius 3 is 2.18 bits per heavy atom. The Morgan fingerprint density at radius 1 is 1.00 bits per heavy atom. The third kappa shape index (κ3) is 5.41. The van der Waals surface area contributed by atoms with Gasteiger partial charge in [0.1, 0.15) is 6.61 Å². The minimum Gasteiger partial charge on any atom is -0.481 e. The molecule has 2 amide bonds. The number of carboxylic acid groups (broad SMARTS) is 1. The number of carbonyl (C=O) groups is 3. The first-order valence-electron chi connectivity index (χ1n) is 12.0. The molecule has 0 heterocycles. The summed E-state index contributed by atoms with van der Waals surface area (Å²) in [7, 11) is 0. The molecule has 0 bridgehead atoms. The number of hydrogen-bond acceptors (Lipinski definition) is 4. The molecule has 0 spiro atoms. The predicted octanol–water partition coefficient (Wildman–Crippen LogP) is 4.31. The highest BCUT2D eigenvalue weighted by molar-refractivity contribution is 5.81. The topological polar surface area (TPSA) is 105 Å². The minimum atomic E-state index is -0.915. The molecular weight excluding hydrogens is 432 g/mol. The molecule has 2 aromatic rings. The number of ether oxygens (including phenoxy) is 1. The van der Waals surface area contributed by atoms with Crippen LogP contribution >= 0.6 is 0 Å². The fourth-order valence-corrected chi connectivity index (χ4v) is 5.19. The normalized spacial score (nSPS) is 16.9. The van der Waals surface area contributed by atoms with Crippen LogP contribution in [0.15, 0.2) is 48.5 Å². The van der Waals surface area contributed by atoms with Crippen molar-refractivity contribution in [3.63, 3.8) is 0 Å². The van der Waals surface area contributed by atoms with E-state index in [2.05, 4.69) is 34.9 Å². The highest BCUT2D eigenvalue weighted by atomic mass is 16.5. The van der Waals surface area contributed by atoms with Gasteiger partial charge < -0.3 is 20.5 Å².